The summed E-state index contributed by atoms with van der Waals surface area (Å²) in [7, 11) is 0. The quantitative estimate of drug-likeness (QED) is 0.554. The second-order valence-corrected chi connectivity index (χ2v) is 6.54. The lowest BCUT2D eigenvalue weighted by molar-refractivity contribution is -0.134. The predicted molar refractivity (Wildman–Crippen MR) is 106 cm³/mol. The van der Waals surface area contributed by atoms with Crippen molar-refractivity contribution in [2.24, 2.45) is 0 Å². The minimum Gasteiger partial charge on any atom is -0.480 e. The summed E-state index contributed by atoms with van der Waals surface area (Å²) in [5.74, 6) is -0.162. The van der Waals surface area contributed by atoms with Gasteiger partial charge in [-0.15, -0.1) is 0 Å². The predicted octanol–water partition coefficient (Wildman–Crippen LogP) is 4.45. The normalized spacial score (nSPS) is 10.4. The number of rotatable bonds is 6. The van der Waals surface area contributed by atoms with Crippen LogP contribution in [0.15, 0.2) is 59.1 Å². The molecule has 26 heavy (non-hydrogen) atoms. The van der Waals surface area contributed by atoms with Crippen LogP contribution in [0.2, 0.25) is 0 Å². The van der Waals surface area contributed by atoms with Gasteiger partial charge in [-0.25, -0.2) is 4.98 Å². The molecule has 3 N–H and O–H groups in total. The number of aryl methyl sites for hydroxylation is 1. The number of nitrogens with one attached hydrogen (secondary N) is 2. The fourth-order valence-corrected chi connectivity index (χ4v) is 2.95. The third-order valence-electron chi connectivity index (χ3n) is 3.58. The average Bonchev–Trinajstić information content (AvgIpc) is 2.63. The topological polar surface area (TPSA) is 87.1 Å². The van der Waals surface area contributed by atoms with Crippen molar-refractivity contribution in [3.8, 4) is 11.3 Å². The largest absolute Gasteiger partial charge is 0.480 e. The molecule has 6 nitrogen and oxygen atoms in total. The number of benzene rings is 2. The molecular formula is C19H17BrN4O2. The number of carboxylic acid groups (broad SMARTS) is 1. The summed E-state index contributed by atoms with van der Waals surface area (Å²) in [6.07, 6.45) is 0. The highest BCUT2D eigenvalue weighted by atomic mass is 79.9. The van der Waals surface area contributed by atoms with Crippen molar-refractivity contribution in [1.82, 2.24) is 9.97 Å². The second-order valence-electron chi connectivity index (χ2n) is 5.68. The van der Waals surface area contributed by atoms with Crippen LogP contribution in [0.1, 0.15) is 5.56 Å². The Morgan fingerprint density at radius 3 is 2.58 bits per heavy atom. The molecule has 0 spiro atoms. The first-order valence-electron chi connectivity index (χ1n) is 7.94. The molecule has 1 aromatic heterocycles. The highest BCUT2D eigenvalue weighted by Crippen LogP contribution is 2.28. The number of hydrogen-bond acceptors (Lipinski definition) is 5. The van der Waals surface area contributed by atoms with Crippen LogP contribution in [0.4, 0.5) is 17.5 Å². The molecule has 0 bridgehead atoms. The summed E-state index contributed by atoms with van der Waals surface area (Å²) in [5, 5.41) is 14.9. The van der Waals surface area contributed by atoms with Gasteiger partial charge in [-0.1, -0.05) is 36.4 Å². The van der Waals surface area contributed by atoms with E-state index >= 15 is 0 Å². The van der Waals surface area contributed by atoms with Crippen molar-refractivity contribution in [3.63, 3.8) is 0 Å². The Kier molecular flexibility index (Phi) is 5.48. The van der Waals surface area contributed by atoms with Crippen molar-refractivity contribution < 1.29 is 9.90 Å². The monoisotopic (exact) mass is 412 g/mol. The third-order valence-corrected chi connectivity index (χ3v) is 4.24. The van der Waals surface area contributed by atoms with Crippen LogP contribution in [-0.4, -0.2) is 27.6 Å². The molecule has 0 amide bonds. The lowest BCUT2D eigenvalue weighted by Gasteiger charge is -2.12. The summed E-state index contributed by atoms with van der Waals surface area (Å²) in [4.78, 5) is 19.6. The standard InChI is InChI=1S/C19H17BrN4O2/c1-12-7-8-15(14(20)9-12)22-17-10-16(13-5-3-2-4-6-13)23-19(24-17)21-11-18(25)26/h2-10H,11H2,1H3,(H,25,26)(H2,21,22,23,24). The highest BCUT2D eigenvalue weighted by Gasteiger charge is 2.09. The molecule has 7 heteroatoms. The van der Waals surface area contributed by atoms with Gasteiger partial charge in [0.15, 0.2) is 0 Å². The Labute approximate surface area is 159 Å². The van der Waals surface area contributed by atoms with Gasteiger partial charge in [0, 0.05) is 16.1 Å². The third kappa shape index (κ3) is 4.58. The summed E-state index contributed by atoms with van der Waals surface area (Å²) < 4.78 is 0.914. The first kappa shape index (κ1) is 17.9. The highest BCUT2D eigenvalue weighted by molar-refractivity contribution is 9.10. The van der Waals surface area contributed by atoms with Gasteiger partial charge in [0.25, 0.3) is 0 Å². The van der Waals surface area contributed by atoms with Gasteiger partial charge in [0.1, 0.15) is 12.4 Å². The molecule has 0 aliphatic heterocycles. The molecule has 0 saturated carbocycles. The maximum atomic E-state index is 10.8. The van der Waals surface area contributed by atoms with E-state index in [4.69, 9.17) is 5.11 Å². The molecule has 2 aromatic carbocycles. The maximum absolute atomic E-state index is 10.8. The molecule has 0 fully saturated rings. The van der Waals surface area contributed by atoms with Crippen LogP contribution in [0.25, 0.3) is 11.3 Å². The zero-order valence-corrected chi connectivity index (χ0v) is 15.6. The van der Waals surface area contributed by atoms with E-state index in [0.717, 1.165) is 21.3 Å². The fourth-order valence-electron chi connectivity index (χ4n) is 2.36. The molecule has 3 aromatic rings. The lowest BCUT2D eigenvalue weighted by Crippen LogP contribution is -2.15. The van der Waals surface area contributed by atoms with Crippen LogP contribution in [-0.2, 0) is 4.79 Å². The molecule has 1 heterocycles. The first-order chi connectivity index (χ1) is 12.5. The van der Waals surface area contributed by atoms with Gasteiger partial charge in [-0.2, -0.15) is 4.98 Å². The molecule has 132 valence electrons. The van der Waals surface area contributed by atoms with E-state index in [2.05, 4.69) is 36.5 Å². The summed E-state index contributed by atoms with van der Waals surface area (Å²) in [6.45, 7) is 1.76. The van der Waals surface area contributed by atoms with Gasteiger partial charge in [0.05, 0.1) is 11.4 Å². The molecule has 0 aliphatic rings. The smallest absolute Gasteiger partial charge is 0.322 e. The number of hydrogen-bond donors (Lipinski definition) is 3. The fraction of sp³-hybridized carbons (Fsp3) is 0.105. The molecule has 0 atom stereocenters. The van der Waals surface area contributed by atoms with E-state index in [1.807, 2.05) is 61.5 Å². The van der Waals surface area contributed by atoms with Gasteiger partial charge in [-0.3, -0.25) is 4.79 Å². The van der Waals surface area contributed by atoms with Crippen LogP contribution >= 0.6 is 15.9 Å². The van der Waals surface area contributed by atoms with Crippen molar-refractivity contribution >= 4 is 39.4 Å². The SMILES string of the molecule is Cc1ccc(Nc2cc(-c3ccccc3)nc(NCC(=O)O)n2)c(Br)c1. The van der Waals surface area contributed by atoms with Crippen molar-refractivity contribution in [1.29, 1.82) is 0 Å². The first-order valence-corrected chi connectivity index (χ1v) is 8.74. The van der Waals surface area contributed by atoms with E-state index in [1.54, 1.807) is 0 Å². The molecule has 0 saturated heterocycles. The van der Waals surface area contributed by atoms with Crippen LogP contribution < -0.4 is 10.6 Å². The number of carboxylic acids is 1. The Morgan fingerprint density at radius 1 is 1.12 bits per heavy atom. The summed E-state index contributed by atoms with van der Waals surface area (Å²) in [5.41, 5.74) is 3.61. The Morgan fingerprint density at radius 2 is 1.88 bits per heavy atom. The number of anilines is 3. The summed E-state index contributed by atoms with van der Waals surface area (Å²) in [6, 6.07) is 17.4. The Hall–Kier alpha value is -2.93. The van der Waals surface area contributed by atoms with Crippen molar-refractivity contribution in [3.05, 3.63) is 64.6 Å². The van der Waals surface area contributed by atoms with Crippen molar-refractivity contribution in [2.75, 3.05) is 17.2 Å². The van der Waals surface area contributed by atoms with E-state index in [0.29, 0.717) is 11.5 Å². The van der Waals surface area contributed by atoms with Crippen LogP contribution in [0.3, 0.4) is 0 Å². The van der Waals surface area contributed by atoms with E-state index < -0.39 is 5.97 Å². The molecule has 0 radical (unpaired) electrons. The Bertz CT molecular complexity index is 932. The zero-order chi connectivity index (χ0) is 18.5. The lowest BCUT2D eigenvalue weighted by atomic mass is 10.1. The summed E-state index contributed by atoms with van der Waals surface area (Å²) >= 11 is 3.54. The van der Waals surface area contributed by atoms with E-state index in [1.165, 1.54) is 0 Å². The maximum Gasteiger partial charge on any atom is 0.322 e. The van der Waals surface area contributed by atoms with Crippen LogP contribution in [0.5, 0.6) is 0 Å². The minimum atomic E-state index is -0.977. The molecule has 0 unspecified atom stereocenters. The number of carbonyl (C=O) groups is 1. The molecule has 0 aliphatic carbocycles. The number of aromatic nitrogens is 2. The molecule has 3 rings (SSSR count). The van der Waals surface area contributed by atoms with Crippen molar-refractivity contribution in [2.45, 2.75) is 6.92 Å². The van der Waals surface area contributed by atoms with E-state index in [9.17, 15) is 4.79 Å². The van der Waals surface area contributed by atoms with Crippen LogP contribution in [0, 0.1) is 6.92 Å². The van der Waals surface area contributed by atoms with Gasteiger partial charge in [-0.05, 0) is 40.5 Å². The molecular weight excluding hydrogens is 396 g/mol. The average molecular weight is 413 g/mol. The van der Waals surface area contributed by atoms with Gasteiger partial charge < -0.3 is 15.7 Å². The number of halogens is 1. The zero-order valence-electron chi connectivity index (χ0n) is 14.0. The van der Waals surface area contributed by atoms with Gasteiger partial charge in [0.2, 0.25) is 5.95 Å². The second kappa shape index (κ2) is 7.97. The van der Waals surface area contributed by atoms with Gasteiger partial charge >= 0.3 is 5.97 Å². The van der Waals surface area contributed by atoms with E-state index in [-0.39, 0.29) is 12.5 Å². The number of nitrogens with zero attached hydrogens (tertiary/aromatic N) is 2. The minimum absolute atomic E-state index is 0.250. The number of aliphatic carboxylic acids is 1. The Balaban J connectivity index is 1.97.